The molecule has 0 spiro atoms. The van der Waals surface area contributed by atoms with Crippen LogP contribution in [0.1, 0.15) is 38.8 Å². The lowest BCUT2D eigenvalue weighted by Crippen LogP contribution is -2.22. The maximum atomic E-state index is 4.08. The fourth-order valence-electron chi connectivity index (χ4n) is 1.78. The van der Waals surface area contributed by atoms with Crippen molar-refractivity contribution in [3.05, 3.63) is 53.6 Å². The molecule has 0 nitrogen and oxygen atoms in total. The molecule has 0 fully saturated rings. The van der Waals surface area contributed by atoms with E-state index in [0.29, 0.717) is 0 Å². The molecule has 0 heteroatoms. The van der Waals surface area contributed by atoms with Crippen LogP contribution in [0.15, 0.2) is 42.5 Å². The van der Waals surface area contributed by atoms with Gasteiger partial charge in [-0.1, -0.05) is 70.7 Å². The quantitative estimate of drug-likeness (QED) is 0.575. The summed E-state index contributed by atoms with van der Waals surface area (Å²) in [7, 11) is 0. The van der Waals surface area contributed by atoms with Crippen molar-refractivity contribution in [2.24, 2.45) is 0 Å². The summed E-state index contributed by atoms with van der Waals surface area (Å²) in [4.78, 5) is 0. The van der Waals surface area contributed by atoms with Gasteiger partial charge in [-0.2, -0.15) is 0 Å². The van der Waals surface area contributed by atoms with E-state index in [1.807, 2.05) is 13.8 Å². The number of hydrogen-bond acceptors (Lipinski definition) is 0. The third kappa shape index (κ3) is 2.04. The molecule has 1 aromatic carbocycles. The first kappa shape index (κ1) is 11.8. The second-order valence-corrected chi connectivity index (χ2v) is 4.07. The zero-order chi connectivity index (χ0) is 11.5. The predicted octanol–water partition coefficient (Wildman–Crippen LogP) is 4.57. The molecule has 1 aliphatic carbocycles. The molecule has 0 unspecified atom stereocenters. The SMILES string of the molecule is C=C1C=Cc2ccccc2C1(C)C.CC. The van der Waals surface area contributed by atoms with Crippen LogP contribution in [0.5, 0.6) is 0 Å². The van der Waals surface area contributed by atoms with Gasteiger partial charge in [0.15, 0.2) is 0 Å². The molecule has 0 amide bonds. The molecule has 15 heavy (non-hydrogen) atoms. The normalized spacial score (nSPS) is 16.4. The molecular formula is C15H20. The lowest BCUT2D eigenvalue weighted by molar-refractivity contribution is 0.636. The van der Waals surface area contributed by atoms with Gasteiger partial charge in [0.25, 0.3) is 0 Å². The van der Waals surface area contributed by atoms with Crippen LogP contribution < -0.4 is 0 Å². The number of benzene rings is 1. The number of allylic oxidation sites excluding steroid dienone is 2. The molecule has 0 saturated carbocycles. The topological polar surface area (TPSA) is 0 Å². The van der Waals surface area contributed by atoms with Crippen LogP contribution in [0.25, 0.3) is 6.08 Å². The highest BCUT2D eigenvalue weighted by Gasteiger charge is 2.26. The summed E-state index contributed by atoms with van der Waals surface area (Å²) < 4.78 is 0. The maximum absolute atomic E-state index is 4.08. The van der Waals surface area contributed by atoms with E-state index >= 15 is 0 Å². The summed E-state index contributed by atoms with van der Waals surface area (Å²) in [6.07, 6.45) is 4.26. The Bertz CT molecular complexity index is 381. The minimum absolute atomic E-state index is 0.0886. The Hall–Kier alpha value is -1.30. The van der Waals surface area contributed by atoms with Crippen LogP contribution in [0, 0.1) is 0 Å². The van der Waals surface area contributed by atoms with Crippen molar-refractivity contribution in [3.63, 3.8) is 0 Å². The molecule has 0 aromatic heterocycles. The van der Waals surface area contributed by atoms with Gasteiger partial charge in [0.1, 0.15) is 0 Å². The van der Waals surface area contributed by atoms with Crippen LogP contribution in [-0.2, 0) is 5.41 Å². The molecule has 0 heterocycles. The molecule has 0 radical (unpaired) electrons. The highest BCUT2D eigenvalue weighted by atomic mass is 14.3. The zero-order valence-electron chi connectivity index (χ0n) is 10.2. The molecule has 0 aliphatic heterocycles. The van der Waals surface area contributed by atoms with Gasteiger partial charge in [-0.25, -0.2) is 0 Å². The van der Waals surface area contributed by atoms with Gasteiger partial charge in [0.05, 0.1) is 0 Å². The van der Waals surface area contributed by atoms with E-state index in [-0.39, 0.29) is 5.41 Å². The van der Waals surface area contributed by atoms with Crippen molar-refractivity contribution in [2.75, 3.05) is 0 Å². The van der Waals surface area contributed by atoms with E-state index in [2.05, 4.69) is 56.8 Å². The molecule has 1 aliphatic rings. The average Bonchev–Trinajstić information content (AvgIpc) is 2.27. The maximum Gasteiger partial charge on any atom is 0.0146 e. The Labute approximate surface area is 93.3 Å². The van der Waals surface area contributed by atoms with Crippen molar-refractivity contribution in [3.8, 4) is 0 Å². The summed E-state index contributed by atoms with van der Waals surface area (Å²) in [6.45, 7) is 12.5. The molecule has 80 valence electrons. The first-order chi connectivity index (χ1) is 7.12. The Morgan fingerprint density at radius 1 is 1.00 bits per heavy atom. The van der Waals surface area contributed by atoms with Gasteiger partial charge in [0, 0.05) is 5.41 Å². The second-order valence-electron chi connectivity index (χ2n) is 4.07. The molecule has 0 bridgehead atoms. The summed E-state index contributed by atoms with van der Waals surface area (Å²) >= 11 is 0. The van der Waals surface area contributed by atoms with Crippen molar-refractivity contribution < 1.29 is 0 Å². The minimum Gasteiger partial charge on any atom is -0.0949 e. The Kier molecular flexibility index (Phi) is 3.52. The van der Waals surface area contributed by atoms with E-state index in [1.165, 1.54) is 16.7 Å². The van der Waals surface area contributed by atoms with E-state index < -0.39 is 0 Å². The molecule has 2 rings (SSSR count). The molecule has 0 atom stereocenters. The van der Waals surface area contributed by atoms with Crippen molar-refractivity contribution in [1.82, 2.24) is 0 Å². The Balaban J connectivity index is 0.000000531. The van der Waals surface area contributed by atoms with Gasteiger partial charge in [-0.3, -0.25) is 0 Å². The highest BCUT2D eigenvalue weighted by molar-refractivity contribution is 5.65. The third-order valence-electron chi connectivity index (χ3n) is 2.90. The standard InChI is InChI=1S/C13H14.C2H6/c1-10-8-9-11-6-4-5-7-12(11)13(10,2)3;1-2/h4-9H,1H2,2-3H3;1-2H3. The van der Waals surface area contributed by atoms with Gasteiger partial charge < -0.3 is 0 Å². The van der Waals surface area contributed by atoms with Gasteiger partial charge in [-0.15, -0.1) is 0 Å². The predicted molar refractivity (Wildman–Crippen MR) is 69.0 cm³/mol. The van der Waals surface area contributed by atoms with Crippen molar-refractivity contribution >= 4 is 6.08 Å². The van der Waals surface area contributed by atoms with Crippen molar-refractivity contribution in [1.29, 1.82) is 0 Å². The molecule has 1 aromatic rings. The molecular weight excluding hydrogens is 180 g/mol. The molecule has 0 saturated heterocycles. The Morgan fingerprint density at radius 3 is 2.27 bits per heavy atom. The fourth-order valence-corrected chi connectivity index (χ4v) is 1.78. The van der Waals surface area contributed by atoms with Crippen molar-refractivity contribution in [2.45, 2.75) is 33.1 Å². The van der Waals surface area contributed by atoms with Gasteiger partial charge in [-0.05, 0) is 16.7 Å². The van der Waals surface area contributed by atoms with Gasteiger partial charge in [0.2, 0.25) is 0 Å². The van der Waals surface area contributed by atoms with E-state index in [9.17, 15) is 0 Å². The van der Waals surface area contributed by atoms with Crippen LogP contribution in [0.4, 0.5) is 0 Å². The smallest absolute Gasteiger partial charge is 0.0146 e. The number of rotatable bonds is 0. The summed E-state index contributed by atoms with van der Waals surface area (Å²) in [5, 5.41) is 0. The monoisotopic (exact) mass is 200 g/mol. The van der Waals surface area contributed by atoms with Crippen LogP contribution in [0.3, 0.4) is 0 Å². The summed E-state index contributed by atoms with van der Waals surface area (Å²) in [5.41, 5.74) is 3.97. The first-order valence-corrected chi connectivity index (χ1v) is 5.59. The van der Waals surface area contributed by atoms with Gasteiger partial charge >= 0.3 is 0 Å². The van der Waals surface area contributed by atoms with E-state index in [4.69, 9.17) is 0 Å². The first-order valence-electron chi connectivity index (χ1n) is 5.59. The van der Waals surface area contributed by atoms with E-state index in [1.54, 1.807) is 0 Å². The summed E-state index contributed by atoms with van der Waals surface area (Å²) in [5.74, 6) is 0. The largest absolute Gasteiger partial charge is 0.0949 e. The van der Waals surface area contributed by atoms with Crippen LogP contribution in [-0.4, -0.2) is 0 Å². The van der Waals surface area contributed by atoms with Crippen LogP contribution >= 0.6 is 0 Å². The third-order valence-corrected chi connectivity index (χ3v) is 2.90. The summed E-state index contributed by atoms with van der Waals surface area (Å²) in [6, 6.07) is 8.50. The number of hydrogen-bond donors (Lipinski definition) is 0. The lowest BCUT2D eigenvalue weighted by atomic mass is 9.73. The minimum atomic E-state index is 0.0886. The average molecular weight is 200 g/mol. The second kappa shape index (κ2) is 4.48. The van der Waals surface area contributed by atoms with E-state index in [0.717, 1.165) is 0 Å². The number of fused-ring (bicyclic) bond motifs is 1. The zero-order valence-corrected chi connectivity index (χ0v) is 10.2. The van der Waals surface area contributed by atoms with Crippen LogP contribution in [0.2, 0.25) is 0 Å². The lowest BCUT2D eigenvalue weighted by Gasteiger charge is -2.31. The fraction of sp³-hybridized carbons (Fsp3) is 0.333. The molecule has 0 N–H and O–H groups in total. The highest BCUT2D eigenvalue weighted by Crippen LogP contribution is 2.37. The Morgan fingerprint density at radius 2 is 1.60 bits per heavy atom.